The third-order valence-electron chi connectivity index (χ3n) is 10.6. The maximum absolute atomic E-state index is 14.1. The highest BCUT2D eigenvalue weighted by molar-refractivity contribution is 5.60. The smallest absolute Gasteiger partial charge is 0.419 e. The number of ether oxygens (including phenoxy) is 5. The number of epoxide rings is 1. The molecule has 3 aliphatic heterocycles. The Labute approximate surface area is 344 Å². The summed E-state index contributed by atoms with van der Waals surface area (Å²) >= 11 is 0. The van der Waals surface area contributed by atoms with Gasteiger partial charge in [0.25, 0.3) is 0 Å². The summed E-state index contributed by atoms with van der Waals surface area (Å²) in [6.07, 6.45) is -10.3. The number of anilines is 2. The summed E-state index contributed by atoms with van der Waals surface area (Å²) < 4.78 is 134. The first-order valence-electron chi connectivity index (χ1n) is 19.2. The Morgan fingerprint density at radius 3 is 1.80 bits per heavy atom. The van der Waals surface area contributed by atoms with Crippen molar-refractivity contribution in [1.82, 2.24) is 0 Å². The number of nitrogens with zero attached hydrogens (tertiary/aromatic N) is 1. The van der Waals surface area contributed by atoms with Crippen LogP contribution in [0.25, 0.3) is 0 Å². The average molecular weight is 855 g/mol. The van der Waals surface area contributed by atoms with Crippen LogP contribution in [0.2, 0.25) is 0 Å². The normalized spacial score (nSPS) is 18.3. The molecule has 0 bridgehead atoms. The predicted octanol–water partition coefficient (Wildman–Crippen LogP) is 10.0. The van der Waals surface area contributed by atoms with Crippen LogP contribution in [0.3, 0.4) is 0 Å². The van der Waals surface area contributed by atoms with Gasteiger partial charge >= 0.3 is 12.4 Å². The number of fused-ring (bicyclic) bond motifs is 2. The van der Waals surface area contributed by atoms with Crippen molar-refractivity contribution in [1.29, 1.82) is 0 Å². The monoisotopic (exact) mass is 854 g/mol. The van der Waals surface area contributed by atoms with Crippen LogP contribution in [0.15, 0.2) is 84.9 Å². The zero-order valence-electron chi connectivity index (χ0n) is 34.2. The van der Waals surface area contributed by atoms with E-state index in [1.165, 1.54) is 63.3 Å². The molecule has 4 aromatic carbocycles. The molecule has 0 saturated carbocycles. The van der Waals surface area contributed by atoms with Gasteiger partial charge in [0.2, 0.25) is 0 Å². The van der Waals surface area contributed by atoms with E-state index >= 15 is 0 Å². The van der Waals surface area contributed by atoms with Gasteiger partial charge in [0.1, 0.15) is 47.8 Å². The molecule has 2 atom stereocenters. The SMILES string of the molecule is COc1ccc(F)cc1C(C)(C)CC(O)(CN1CCOc2ccccc21)C(F)(F)F.COc1ccc(F)cc1C(C)(C)CC1(C(F)(F)F)CO1.c1ccc2c(c1)NCCO2. The van der Waals surface area contributed by atoms with Gasteiger partial charge in [0, 0.05) is 17.7 Å². The van der Waals surface area contributed by atoms with Crippen LogP contribution in [-0.2, 0) is 15.6 Å². The third kappa shape index (κ3) is 10.7. The Balaban J connectivity index is 0.000000193. The molecule has 3 heterocycles. The minimum atomic E-state index is -4.90. The molecule has 60 heavy (non-hydrogen) atoms. The van der Waals surface area contributed by atoms with E-state index in [-0.39, 0.29) is 37.5 Å². The Bertz CT molecular complexity index is 2050. The van der Waals surface area contributed by atoms with Crippen LogP contribution in [0, 0.1) is 11.6 Å². The van der Waals surface area contributed by atoms with Crippen molar-refractivity contribution >= 4 is 11.4 Å². The summed E-state index contributed by atoms with van der Waals surface area (Å²) in [7, 11) is 2.77. The molecule has 0 aliphatic carbocycles. The average Bonchev–Trinajstić information content (AvgIpc) is 3.98. The summed E-state index contributed by atoms with van der Waals surface area (Å²) in [6.45, 7) is 7.41. The van der Waals surface area contributed by atoms with Gasteiger partial charge in [-0.25, -0.2) is 8.78 Å². The molecule has 2 unspecified atom stereocenters. The zero-order valence-corrected chi connectivity index (χ0v) is 34.2. The molecule has 0 spiro atoms. The predicted molar refractivity (Wildman–Crippen MR) is 212 cm³/mol. The lowest BCUT2D eigenvalue weighted by Gasteiger charge is -2.42. The van der Waals surface area contributed by atoms with Gasteiger partial charge in [-0.05, 0) is 84.3 Å². The Hall–Kier alpha value is -4.96. The minimum Gasteiger partial charge on any atom is -0.496 e. The van der Waals surface area contributed by atoms with Gasteiger partial charge in [-0.3, -0.25) is 0 Å². The Morgan fingerprint density at radius 2 is 1.27 bits per heavy atom. The second-order valence-electron chi connectivity index (χ2n) is 16.1. The number of β-amino-alcohol motifs (C(OH)–C–C–N with tert-alkyl or cyclic N) is 1. The Morgan fingerprint density at radius 1 is 0.733 bits per heavy atom. The van der Waals surface area contributed by atoms with E-state index < -0.39 is 59.0 Å². The number of hydrogen-bond donors (Lipinski definition) is 2. The molecule has 0 aromatic heterocycles. The highest BCUT2D eigenvalue weighted by Crippen LogP contribution is 2.52. The van der Waals surface area contributed by atoms with Gasteiger partial charge in [0.05, 0.1) is 45.3 Å². The summed E-state index contributed by atoms with van der Waals surface area (Å²) in [6, 6.07) is 22.3. The lowest BCUT2D eigenvalue weighted by molar-refractivity contribution is -0.262. The summed E-state index contributed by atoms with van der Waals surface area (Å²) in [4.78, 5) is 1.48. The molecular weight excluding hydrogens is 804 g/mol. The molecule has 4 aromatic rings. The van der Waals surface area contributed by atoms with Crippen molar-refractivity contribution in [2.24, 2.45) is 0 Å². The van der Waals surface area contributed by atoms with Gasteiger partial charge in [-0.2, -0.15) is 26.3 Å². The molecule has 1 fully saturated rings. The van der Waals surface area contributed by atoms with Gasteiger partial charge in [-0.1, -0.05) is 52.0 Å². The lowest BCUT2D eigenvalue weighted by Crippen LogP contribution is -2.57. The van der Waals surface area contributed by atoms with E-state index in [2.05, 4.69) is 10.1 Å². The zero-order chi connectivity index (χ0) is 44.1. The van der Waals surface area contributed by atoms with E-state index in [1.807, 2.05) is 24.3 Å². The first-order valence-corrected chi connectivity index (χ1v) is 19.2. The topological polar surface area (TPSA) is 85.0 Å². The number of rotatable bonds is 10. The van der Waals surface area contributed by atoms with Crippen LogP contribution >= 0.6 is 0 Å². The number of nitrogens with one attached hydrogen (secondary N) is 1. The summed E-state index contributed by atoms with van der Waals surface area (Å²) in [5.74, 6) is 0.980. The van der Waals surface area contributed by atoms with Crippen LogP contribution in [0.5, 0.6) is 23.0 Å². The number of alkyl halides is 6. The maximum Gasteiger partial charge on any atom is 0.419 e. The van der Waals surface area contributed by atoms with Crippen LogP contribution in [0.4, 0.5) is 46.5 Å². The van der Waals surface area contributed by atoms with Crippen molar-refractivity contribution in [3.05, 3.63) is 108 Å². The molecule has 2 N–H and O–H groups in total. The largest absolute Gasteiger partial charge is 0.496 e. The molecule has 0 amide bonds. The third-order valence-corrected chi connectivity index (χ3v) is 10.6. The summed E-state index contributed by atoms with van der Waals surface area (Å²) in [5, 5.41) is 14.2. The molecule has 16 heteroatoms. The standard InChI is InChI=1S/C22H25F4NO3.C14H16F4O2.C8H9NO/c1-20(2,16-12-15(23)8-9-18(16)29-3)13-21(28,22(24,25)26)14-27-10-11-30-19-7-5-4-6-17(19)27;1-12(2,7-13(8-20-13)14(16,17)18)10-6-9(15)4-5-11(10)19-3;1-2-4-8-7(3-1)9-5-6-10-8/h4-9,12,28H,10-11,13-14H2,1-3H3;4-6H,7-8H2,1-3H3;1-4,9H,5-6H2. The van der Waals surface area contributed by atoms with E-state index in [4.69, 9.17) is 18.9 Å². The van der Waals surface area contributed by atoms with E-state index in [9.17, 15) is 40.2 Å². The van der Waals surface area contributed by atoms with Crippen molar-refractivity contribution < 1.29 is 63.9 Å². The number of halogens is 8. The highest BCUT2D eigenvalue weighted by Gasteiger charge is 2.67. The lowest BCUT2D eigenvalue weighted by atomic mass is 9.74. The first kappa shape index (κ1) is 46.1. The van der Waals surface area contributed by atoms with E-state index in [0.29, 0.717) is 22.7 Å². The second kappa shape index (κ2) is 17.9. The molecule has 1 saturated heterocycles. The number of para-hydroxylation sites is 4. The molecule has 7 rings (SSSR count). The molecule has 328 valence electrons. The molecular formula is C44H50F8N2O6. The molecule has 0 radical (unpaired) electrons. The first-order chi connectivity index (χ1) is 28.0. The van der Waals surface area contributed by atoms with Crippen molar-refractivity contribution in [2.75, 3.05) is 63.9 Å². The highest BCUT2D eigenvalue weighted by atomic mass is 19.4. The number of aliphatic hydroxyl groups is 1. The van der Waals surface area contributed by atoms with Gasteiger partial charge in [-0.15, -0.1) is 0 Å². The molecule has 8 nitrogen and oxygen atoms in total. The maximum atomic E-state index is 14.1. The fourth-order valence-corrected chi connectivity index (χ4v) is 7.54. The van der Waals surface area contributed by atoms with Crippen LogP contribution in [-0.4, -0.2) is 82.3 Å². The number of hydrogen-bond acceptors (Lipinski definition) is 8. The fourth-order valence-electron chi connectivity index (χ4n) is 7.54. The van der Waals surface area contributed by atoms with Crippen molar-refractivity contribution in [3.8, 4) is 23.0 Å². The Kier molecular flexibility index (Phi) is 13.8. The quantitative estimate of drug-likeness (QED) is 0.121. The minimum absolute atomic E-state index is 0.207. The van der Waals surface area contributed by atoms with Crippen LogP contribution in [0.1, 0.15) is 51.7 Å². The number of benzene rings is 4. The van der Waals surface area contributed by atoms with Gasteiger partial charge < -0.3 is 39.0 Å². The van der Waals surface area contributed by atoms with Crippen LogP contribution < -0.4 is 29.2 Å². The van der Waals surface area contributed by atoms with Gasteiger partial charge in [0.15, 0.2) is 11.2 Å². The van der Waals surface area contributed by atoms with Crippen molar-refractivity contribution in [2.45, 2.75) is 74.9 Å². The van der Waals surface area contributed by atoms with Crippen molar-refractivity contribution in [3.63, 3.8) is 0 Å². The molecule has 3 aliphatic rings. The number of methoxy groups -OCH3 is 2. The van der Waals surface area contributed by atoms with E-state index in [0.717, 1.165) is 30.7 Å². The van der Waals surface area contributed by atoms with E-state index in [1.54, 1.807) is 38.1 Å². The second-order valence-corrected chi connectivity index (χ2v) is 16.1. The summed E-state index contributed by atoms with van der Waals surface area (Å²) in [5.41, 5.74) is -5.06. The fraction of sp³-hybridized carbons (Fsp3) is 0.455.